The molecule has 0 aliphatic rings. The smallest absolute Gasteiger partial charge is 0.251 e. The van der Waals surface area contributed by atoms with Gasteiger partial charge in [-0.25, -0.2) is 4.98 Å². The monoisotopic (exact) mass is 363 g/mol. The Kier molecular flexibility index (Phi) is 5.69. The molecule has 0 bridgehead atoms. The van der Waals surface area contributed by atoms with E-state index in [-0.39, 0.29) is 17.7 Å². The molecule has 1 N–H and O–H groups in total. The minimum atomic E-state index is -0.256. The van der Waals surface area contributed by atoms with E-state index in [1.807, 2.05) is 66.9 Å². The van der Waals surface area contributed by atoms with E-state index in [0.29, 0.717) is 18.5 Å². The molecule has 3 aromatic rings. The lowest BCUT2D eigenvalue weighted by Gasteiger charge is -2.15. The first-order chi connectivity index (χ1) is 13.0. The number of hydrogen-bond acceptors (Lipinski definition) is 3. The predicted molar refractivity (Wildman–Crippen MR) is 107 cm³/mol. The Morgan fingerprint density at radius 1 is 1.11 bits per heavy atom. The first-order valence-corrected chi connectivity index (χ1v) is 9.29. The molecule has 1 unspecified atom stereocenters. The van der Waals surface area contributed by atoms with Gasteiger partial charge in [-0.15, -0.1) is 0 Å². The van der Waals surface area contributed by atoms with Crippen molar-refractivity contribution >= 4 is 22.7 Å². The summed E-state index contributed by atoms with van der Waals surface area (Å²) in [5.41, 5.74) is 3.53. The van der Waals surface area contributed by atoms with Gasteiger partial charge in [0.25, 0.3) is 5.91 Å². The third-order valence-electron chi connectivity index (χ3n) is 4.90. The van der Waals surface area contributed by atoms with Crippen LogP contribution in [0, 0.1) is 6.92 Å². The Bertz CT molecular complexity index is 975. The average molecular weight is 363 g/mol. The number of nitrogens with zero attached hydrogens (tertiary/aromatic N) is 2. The van der Waals surface area contributed by atoms with Crippen molar-refractivity contribution in [3.8, 4) is 0 Å². The number of nitrogens with one attached hydrogen (secondary N) is 1. The molecule has 0 saturated heterocycles. The molecule has 5 heteroatoms. The highest BCUT2D eigenvalue weighted by molar-refractivity contribution is 5.95. The number of carbonyl (C=O) groups is 2. The van der Waals surface area contributed by atoms with Crippen LogP contribution in [0.3, 0.4) is 0 Å². The molecule has 1 atom stereocenters. The van der Waals surface area contributed by atoms with Gasteiger partial charge in [-0.2, -0.15) is 0 Å². The van der Waals surface area contributed by atoms with Crippen LogP contribution in [0.4, 0.5) is 0 Å². The molecule has 27 heavy (non-hydrogen) atoms. The van der Waals surface area contributed by atoms with E-state index in [2.05, 4.69) is 5.32 Å². The summed E-state index contributed by atoms with van der Waals surface area (Å²) in [6, 6.07) is 15.2. The maximum Gasteiger partial charge on any atom is 0.251 e. The van der Waals surface area contributed by atoms with Gasteiger partial charge in [-0.3, -0.25) is 9.59 Å². The number of Topliss-reactive ketones (excluding diaryl/α,β-unsaturated/α-hetero) is 1. The maximum atomic E-state index is 12.3. The fourth-order valence-corrected chi connectivity index (χ4v) is 3.26. The van der Waals surface area contributed by atoms with Crippen molar-refractivity contribution in [3.05, 3.63) is 65.5 Å². The van der Waals surface area contributed by atoms with E-state index < -0.39 is 0 Å². The van der Waals surface area contributed by atoms with Crippen LogP contribution in [-0.2, 0) is 11.2 Å². The molecule has 1 heterocycles. The molecule has 0 saturated carbocycles. The highest BCUT2D eigenvalue weighted by atomic mass is 16.1. The first kappa shape index (κ1) is 18.8. The van der Waals surface area contributed by atoms with Crippen molar-refractivity contribution in [2.75, 3.05) is 6.54 Å². The number of aromatic nitrogens is 2. The van der Waals surface area contributed by atoms with E-state index in [9.17, 15) is 9.59 Å². The standard InChI is InChI=1S/C22H25N3O2/c1-15-9-4-5-10-18(15)22(27)23-14-8-13-21-24-19-11-6-7-12-20(19)25(21)16(2)17(3)26/h4-7,9-12,16H,8,13-14H2,1-3H3,(H,23,27). The van der Waals surface area contributed by atoms with Gasteiger partial charge in [-0.05, 0) is 51.0 Å². The van der Waals surface area contributed by atoms with Crippen LogP contribution in [0.25, 0.3) is 11.0 Å². The van der Waals surface area contributed by atoms with E-state index in [1.165, 1.54) is 0 Å². The topological polar surface area (TPSA) is 64.0 Å². The molecule has 1 aromatic heterocycles. The van der Waals surface area contributed by atoms with Crippen LogP contribution in [0.1, 0.15) is 48.1 Å². The predicted octanol–water partition coefficient (Wildman–Crippen LogP) is 3.86. The quantitative estimate of drug-likeness (QED) is 0.648. The number of hydrogen-bond donors (Lipinski definition) is 1. The minimum Gasteiger partial charge on any atom is -0.352 e. The molecule has 1 amide bonds. The number of fused-ring (bicyclic) bond motifs is 1. The van der Waals surface area contributed by atoms with Crippen LogP contribution in [0.5, 0.6) is 0 Å². The summed E-state index contributed by atoms with van der Waals surface area (Å²) in [5, 5.41) is 2.97. The summed E-state index contributed by atoms with van der Waals surface area (Å²) in [6.07, 6.45) is 1.45. The van der Waals surface area contributed by atoms with Crippen molar-refractivity contribution in [1.82, 2.24) is 14.9 Å². The van der Waals surface area contributed by atoms with Crippen molar-refractivity contribution in [2.45, 2.75) is 39.7 Å². The first-order valence-electron chi connectivity index (χ1n) is 9.29. The second-order valence-electron chi connectivity index (χ2n) is 6.85. The average Bonchev–Trinajstić information content (AvgIpc) is 3.02. The Morgan fingerprint density at radius 2 is 1.81 bits per heavy atom. The zero-order valence-corrected chi connectivity index (χ0v) is 16.0. The Morgan fingerprint density at radius 3 is 2.56 bits per heavy atom. The van der Waals surface area contributed by atoms with Crippen LogP contribution < -0.4 is 5.32 Å². The molecule has 140 valence electrons. The van der Waals surface area contributed by atoms with E-state index >= 15 is 0 Å². The van der Waals surface area contributed by atoms with Crippen molar-refractivity contribution in [1.29, 1.82) is 0 Å². The zero-order valence-electron chi connectivity index (χ0n) is 16.0. The Hall–Kier alpha value is -2.95. The SMILES string of the molecule is CC(=O)C(C)n1c(CCCNC(=O)c2ccccc2C)nc2ccccc21. The minimum absolute atomic E-state index is 0.0568. The molecule has 0 fully saturated rings. The number of imidazole rings is 1. The number of ketones is 1. The molecule has 2 aromatic carbocycles. The van der Waals surface area contributed by atoms with Crippen molar-refractivity contribution in [2.24, 2.45) is 0 Å². The molecule has 3 rings (SSSR count). The number of benzene rings is 2. The molecule has 5 nitrogen and oxygen atoms in total. The van der Waals surface area contributed by atoms with Gasteiger partial charge >= 0.3 is 0 Å². The Balaban J connectivity index is 1.68. The molecular formula is C22H25N3O2. The summed E-state index contributed by atoms with van der Waals surface area (Å²) in [7, 11) is 0. The summed E-state index contributed by atoms with van der Waals surface area (Å²) < 4.78 is 2.01. The van der Waals surface area contributed by atoms with E-state index in [4.69, 9.17) is 4.98 Å². The van der Waals surface area contributed by atoms with Gasteiger partial charge in [0, 0.05) is 18.5 Å². The summed E-state index contributed by atoms with van der Waals surface area (Å²) in [6.45, 7) is 6.00. The van der Waals surface area contributed by atoms with Crippen molar-refractivity contribution < 1.29 is 9.59 Å². The summed E-state index contributed by atoms with van der Waals surface area (Å²) >= 11 is 0. The van der Waals surface area contributed by atoms with Gasteiger partial charge in [-0.1, -0.05) is 30.3 Å². The second-order valence-corrected chi connectivity index (χ2v) is 6.85. The number of amides is 1. The lowest BCUT2D eigenvalue weighted by Crippen LogP contribution is -2.26. The summed E-state index contributed by atoms with van der Waals surface area (Å²) in [4.78, 5) is 28.9. The highest BCUT2D eigenvalue weighted by Crippen LogP contribution is 2.22. The number of para-hydroxylation sites is 2. The maximum absolute atomic E-state index is 12.3. The number of carbonyl (C=O) groups excluding carboxylic acids is 2. The van der Waals surface area contributed by atoms with Gasteiger partial charge in [0.15, 0.2) is 5.78 Å². The van der Waals surface area contributed by atoms with E-state index in [0.717, 1.165) is 28.8 Å². The molecule has 0 aliphatic heterocycles. The van der Waals surface area contributed by atoms with Gasteiger partial charge in [0.1, 0.15) is 5.82 Å². The van der Waals surface area contributed by atoms with E-state index in [1.54, 1.807) is 6.92 Å². The third kappa shape index (κ3) is 4.08. The fraction of sp³-hybridized carbons (Fsp3) is 0.318. The Labute approximate surface area is 159 Å². The zero-order chi connectivity index (χ0) is 19.4. The summed E-state index contributed by atoms with van der Waals surface area (Å²) in [5.74, 6) is 0.926. The lowest BCUT2D eigenvalue weighted by molar-refractivity contribution is -0.119. The van der Waals surface area contributed by atoms with Crippen molar-refractivity contribution in [3.63, 3.8) is 0 Å². The highest BCUT2D eigenvalue weighted by Gasteiger charge is 2.18. The molecular weight excluding hydrogens is 338 g/mol. The van der Waals surface area contributed by atoms with Gasteiger partial charge < -0.3 is 9.88 Å². The van der Waals surface area contributed by atoms with Crippen LogP contribution >= 0.6 is 0 Å². The van der Waals surface area contributed by atoms with Gasteiger partial charge in [0.05, 0.1) is 17.1 Å². The lowest BCUT2D eigenvalue weighted by atomic mass is 10.1. The van der Waals surface area contributed by atoms with Crippen LogP contribution in [0.15, 0.2) is 48.5 Å². The third-order valence-corrected chi connectivity index (χ3v) is 4.90. The number of rotatable bonds is 7. The molecule has 0 radical (unpaired) electrons. The fourth-order valence-electron chi connectivity index (χ4n) is 3.26. The largest absolute Gasteiger partial charge is 0.352 e. The second kappa shape index (κ2) is 8.16. The van der Waals surface area contributed by atoms with Gasteiger partial charge in [0.2, 0.25) is 0 Å². The number of aryl methyl sites for hydroxylation is 2. The van der Waals surface area contributed by atoms with Crippen LogP contribution in [0.2, 0.25) is 0 Å². The normalized spacial score (nSPS) is 12.1. The molecule has 0 spiro atoms. The van der Waals surface area contributed by atoms with Crippen LogP contribution in [-0.4, -0.2) is 27.8 Å². The molecule has 0 aliphatic carbocycles.